The van der Waals surface area contributed by atoms with Gasteiger partial charge in [-0.15, -0.1) is 35.3 Å². The van der Waals surface area contributed by atoms with E-state index in [1.807, 2.05) is 18.4 Å². The molecule has 0 aliphatic carbocycles. The maximum Gasteiger partial charge on any atom is 0.190 e. The highest BCUT2D eigenvalue weighted by Crippen LogP contribution is 2.17. The van der Waals surface area contributed by atoms with Crippen LogP contribution in [0.1, 0.15) is 55.1 Å². The summed E-state index contributed by atoms with van der Waals surface area (Å²) in [6.07, 6.45) is 7.08. The lowest BCUT2D eigenvalue weighted by Crippen LogP contribution is -2.38. The Balaban J connectivity index is 0.00000441. The van der Waals surface area contributed by atoms with Gasteiger partial charge in [0.2, 0.25) is 0 Å². The summed E-state index contributed by atoms with van der Waals surface area (Å²) in [4.78, 5) is 10.3. The topological polar surface area (TPSA) is 49.3 Å². The van der Waals surface area contributed by atoms with E-state index in [4.69, 9.17) is 0 Å². The SMILES string of the molecule is CCCCCCNC(=NC)NCCc1nc(CC)c(C)s1.I. The molecule has 6 heteroatoms. The van der Waals surface area contributed by atoms with Crippen molar-refractivity contribution in [3.05, 3.63) is 15.6 Å². The van der Waals surface area contributed by atoms with Crippen LogP contribution in [0.5, 0.6) is 0 Å². The van der Waals surface area contributed by atoms with Gasteiger partial charge in [-0.2, -0.15) is 0 Å². The summed E-state index contributed by atoms with van der Waals surface area (Å²) in [5.74, 6) is 0.899. The molecule has 0 radical (unpaired) electrons. The fraction of sp³-hybridized carbons (Fsp3) is 0.750. The molecular weight excluding hydrogens is 407 g/mol. The van der Waals surface area contributed by atoms with Gasteiger partial charge < -0.3 is 10.6 Å². The molecule has 0 amide bonds. The van der Waals surface area contributed by atoms with Crippen LogP contribution in [0.2, 0.25) is 0 Å². The standard InChI is InChI=1S/C16H30N4S.HI/c1-5-7-8-9-11-18-16(17-4)19-12-10-15-20-14(6-2)13(3)21-15;/h5-12H2,1-4H3,(H2,17,18,19);1H. The van der Waals surface area contributed by atoms with E-state index < -0.39 is 0 Å². The number of aromatic nitrogens is 1. The van der Waals surface area contributed by atoms with Gasteiger partial charge in [-0.05, 0) is 19.8 Å². The number of guanidine groups is 1. The van der Waals surface area contributed by atoms with Crippen molar-refractivity contribution in [2.75, 3.05) is 20.1 Å². The molecule has 0 bridgehead atoms. The first-order chi connectivity index (χ1) is 10.2. The van der Waals surface area contributed by atoms with Gasteiger partial charge >= 0.3 is 0 Å². The summed E-state index contributed by atoms with van der Waals surface area (Å²) in [5, 5.41) is 7.94. The third-order valence-corrected chi connectivity index (χ3v) is 4.52. The molecule has 4 nitrogen and oxygen atoms in total. The van der Waals surface area contributed by atoms with Gasteiger partial charge in [-0.25, -0.2) is 4.98 Å². The molecule has 0 aliphatic rings. The maximum absolute atomic E-state index is 4.67. The minimum absolute atomic E-state index is 0. The van der Waals surface area contributed by atoms with E-state index in [0.717, 1.165) is 31.9 Å². The summed E-state index contributed by atoms with van der Waals surface area (Å²) in [6, 6.07) is 0. The highest BCUT2D eigenvalue weighted by Gasteiger charge is 2.05. The van der Waals surface area contributed by atoms with Crippen molar-refractivity contribution >= 4 is 41.3 Å². The first-order valence-corrected chi connectivity index (χ1v) is 8.92. The number of aryl methyl sites for hydroxylation is 2. The molecule has 128 valence electrons. The van der Waals surface area contributed by atoms with Gasteiger partial charge in [-0.1, -0.05) is 33.1 Å². The van der Waals surface area contributed by atoms with Crippen molar-refractivity contribution < 1.29 is 0 Å². The average Bonchev–Trinajstić information content (AvgIpc) is 2.85. The van der Waals surface area contributed by atoms with E-state index >= 15 is 0 Å². The predicted molar refractivity (Wildman–Crippen MR) is 109 cm³/mol. The molecule has 1 rings (SSSR count). The third-order valence-electron chi connectivity index (χ3n) is 3.45. The summed E-state index contributed by atoms with van der Waals surface area (Å²) in [6.45, 7) is 8.43. The van der Waals surface area contributed by atoms with Crippen LogP contribution >= 0.6 is 35.3 Å². The first-order valence-electron chi connectivity index (χ1n) is 8.10. The zero-order chi connectivity index (χ0) is 15.5. The molecule has 0 atom stereocenters. The molecule has 22 heavy (non-hydrogen) atoms. The van der Waals surface area contributed by atoms with Crippen molar-refractivity contribution in [2.24, 2.45) is 4.99 Å². The molecule has 0 saturated heterocycles. The summed E-state index contributed by atoms with van der Waals surface area (Å²) >= 11 is 1.81. The largest absolute Gasteiger partial charge is 0.356 e. The van der Waals surface area contributed by atoms with Crippen LogP contribution in [0.4, 0.5) is 0 Å². The number of rotatable bonds is 9. The Morgan fingerprint density at radius 2 is 1.86 bits per heavy atom. The van der Waals surface area contributed by atoms with Crippen molar-refractivity contribution in [2.45, 2.75) is 59.3 Å². The normalized spacial score (nSPS) is 11.2. The maximum atomic E-state index is 4.67. The molecule has 1 heterocycles. The van der Waals surface area contributed by atoms with E-state index in [1.54, 1.807) is 0 Å². The third kappa shape index (κ3) is 8.31. The molecule has 0 fully saturated rings. The zero-order valence-corrected chi connectivity index (χ0v) is 17.5. The number of nitrogens with zero attached hydrogens (tertiary/aromatic N) is 2. The Morgan fingerprint density at radius 1 is 1.14 bits per heavy atom. The van der Waals surface area contributed by atoms with Gasteiger partial charge in [0.05, 0.1) is 10.7 Å². The Morgan fingerprint density at radius 3 is 2.45 bits per heavy atom. The first kappa shape index (κ1) is 21.6. The number of hydrogen-bond donors (Lipinski definition) is 2. The Bertz CT molecular complexity index is 432. The Kier molecular flexibility index (Phi) is 12.9. The zero-order valence-electron chi connectivity index (χ0n) is 14.4. The van der Waals surface area contributed by atoms with E-state index in [9.17, 15) is 0 Å². The van der Waals surface area contributed by atoms with Crippen LogP contribution in [0.15, 0.2) is 4.99 Å². The van der Waals surface area contributed by atoms with E-state index in [0.29, 0.717) is 0 Å². The Labute approximate surface area is 156 Å². The smallest absolute Gasteiger partial charge is 0.190 e. The molecule has 1 aromatic rings. The fourth-order valence-electron chi connectivity index (χ4n) is 2.19. The lowest BCUT2D eigenvalue weighted by molar-refractivity contribution is 0.647. The van der Waals surface area contributed by atoms with Gasteiger partial charge in [-0.3, -0.25) is 4.99 Å². The number of halogens is 1. The van der Waals surface area contributed by atoms with Crippen molar-refractivity contribution in [1.82, 2.24) is 15.6 Å². The lowest BCUT2D eigenvalue weighted by Gasteiger charge is -2.11. The molecule has 0 spiro atoms. The van der Waals surface area contributed by atoms with Crippen molar-refractivity contribution in [3.8, 4) is 0 Å². The highest BCUT2D eigenvalue weighted by molar-refractivity contribution is 14.0. The summed E-state index contributed by atoms with van der Waals surface area (Å²) < 4.78 is 0. The Hall–Kier alpha value is -0.370. The number of aliphatic imine (C=N–C) groups is 1. The quantitative estimate of drug-likeness (QED) is 0.266. The molecule has 1 aromatic heterocycles. The van der Waals surface area contributed by atoms with Crippen LogP contribution in [0, 0.1) is 6.92 Å². The van der Waals surface area contributed by atoms with E-state index in [-0.39, 0.29) is 24.0 Å². The molecule has 0 aromatic carbocycles. The predicted octanol–water partition coefficient (Wildman–Crippen LogP) is 3.92. The average molecular weight is 438 g/mol. The van der Waals surface area contributed by atoms with Crippen LogP contribution in [0.25, 0.3) is 0 Å². The minimum atomic E-state index is 0. The number of thiazole rings is 1. The summed E-state index contributed by atoms with van der Waals surface area (Å²) in [5.41, 5.74) is 1.24. The second kappa shape index (κ2) is 13.1. The van der Waals surface area contributed by atoms with Gasteiger partial charge in [0, 0.05) is 31.4 Å². The highest BCUT2D eigenvalue weighted by atomic mass is 127. The minimum Gasteiger partial charge on any atom is -0.356 e. The van der Waals surface area contributed by atoms with Gasteiger partial charge in [0.25, 0.3) is 0 Å². The molecule has 0 unspecified atom stereocenters. The molecular formula is C16H31IN4S. The lowest BCUT2D eigenvalue weighted by atomic mass is 10.2. The van der Waals surface area contributed by atoms with E-state index in [2.05, 4.69) is 41.4 Å². The van der Waals surface area contributed by atoms with Gasteiger partial charge in [0.15, 0.2) is 5.96 Å². The fourth-order valence-corrected chi connectivity index (χ4v) is 3.21. The van der Waals surface area contributed by atoms with Crippen LogP contribution < -0.4 is 10.6 Å². The molecule has 0 aliphatic heterocycles. The monoisotopic (exact) mass is 438 g/mol. The second-order valence-electron chi connectivity index (χ2n) is 5.20. The summed E-state index contributed by atoms with van der Waals surface area (Å²) in [7, 11) is 1.82. The van der Waals surface area contributed by atoms with Crippen LogP contribution in [0.3, 0.4) is 0 Å². The second-order valence-corrected chi connectivity index (χ2v) is 6.49. The van der Waals surface area contributed by atoms with Crippen molar-refractivity contribution in [1.29, 1.82) is 0 Å². The van der Waals surface area contributed by atoms with Crippen LogP contribution in [-0.2, 0) is 12.8 Å². The van der Waals surface area contributed by atoms with Gasteiger partial charge in [0.1, 0.15) is 0 Å². The number of unbranched alkanes of at least 4 members (excludes halogenated alkanes) is 3. The van der Waals surface area contributed by atoms with Crippen LogP contribution in [-0.4, -0.2) is 31.1 Å². The molecule has 0 saturated carbocycles. The van der Waals surface area contributed by atoms with E-state index in [1.165, 1.54) is 41.3 Å². The number of nitrogens with one attached hydrogen (secondary N) is 2. The number of hydrogen-bond acceptors (Lipinski definition) is 3. The molecule has 2 N–H and O–H groups in total. The van der Waals surface area contributed by atoms with Crippen molar-refractivity contribution in [3.63, 3.8) is 0 Å².